The van der Waals surface area contributed by atoms with Gasteiger partial charge in [0, 0.05) is 18.4 Å². The quantitative estimate of drug-likeness (QED) is 0.847. The highest BCUT2D eigenvalue weighted by Crippen LogP contribution is 2.29. The van der Waals surface area contributed by atoms with Crippen molar-refractivity contribution in [2.75, 3.05) is 13.6 Å². The highest BCUT2D eigenvalue weighted by Gasteiger charge is 2.22. The van der Waals surface area contributed by atoms with Crippen molar-refractivity contribution in [3.8, 4) is 0 Å². The molecule has 19 heavy (non-hydrogen) atoms. The van der Waals surface area contributed by atoms with Crippen molar-refractivity contribution < 1.29 is 9.90 Å². The predicted molar refractivity (Wildman–Crippen MR) is 75.9 cm³/mol. The lowest BCUT2D eigenvalue weighted by atomic mass is 9.98. The lowest BCUT2D eigenvalue weighted by molar-refractivity contribution is -0.145. The molecule has 0 amide bonds. The second-order valence-electron chi connectivity index (χ2n) is 5.98. The number of carbonyl (C=O) groups is 1. The van der Waals surface area contributed by atoms with Gasteiger partial charge in [-0.1, -0.05) is 6.07 Å². The van der Waals surface area contributed by atoms with E-state index in [0.29, 0.717) is 6.04 Å². The maximum atomic E-state index is 10.0. The maximum absolute atomic E-state index is 10.0. The van der Waals surface area contributed by atoms with Crippen LogP contribution in [0.5, 0.6) is 0 Å². The van der Waals surface area contributed by atoms with Crippen LogP contribution in [-0.2, 0) is 4.79 Å². The average molecular weight is 264 g/mol. The number of hydrogen-bond donors (Lipinski definition) is 1. The summed E-state index contributed by atoms with van der Waals surface area (Å²) in [6.07, 6.45) is 6.41. The Morgan fingerprint density at radius 2 is 2.11 bits per heavy atom. The van der Waals surface area contributed by atoms with Crippen LogP contribution >= 0.6 is 0 Å². The molecule has 0 spiro atoms. The molecule has 0 bridgehead atoms. The Hall–Kier alpha value is -1.42. The smallest absolute Gasteiger partial charge is 0.308 e. The Morgan fingerprint density at radius 1 is 1.47 bits per heavy atom. The van der Waals surface area contributed by atoms with E-state index in [2.05, 4.69) is 23.0 Å². The molecule has 1 aromatic heterocycles. The maximum Gasteiger partial charge on any atom is 0.308 e. The number of carboxylic acid groups (broad SMARTS) is 1. The normalized spacial score (nSPS) is 19.7. The van der Waals surface area contributed by atoms with Gasteiger partial charge in [0.25, 0.3) is 0 Å². The summed E-state index contributed by atoms with van der Waals surface area (Å²) in [5, 5.41) is 8.25. The van der Waals surface area contributed by atoms with E-state index in [1.807, 2.05) is 18.5 Å². The number of rotatable bonds is 1. The summed E-state index contributed by atoms with van der Waals surface area (Å²) in [6, 6.07) is 4.79. The first-order chi connectivity index (χ1) is 8.82. The minimum absolute atomic E-state index is 0.583. The first-order valence-corrected chi connectivity index (χ1v) is 6.66. The number of aromatic nitrogens is 1. The van der Waals surface area contributed by atoms with Gasteiger partial charge in [-0.25, -0.2) is 0 Å². The molecular formula is C15H24N2O2. The topological polar surface area (TPSA) is 53.4 Å². The molecule has 2 rings (SSSR count). The molecule has 2 heterocycles. The van der Waals surface area contributed by atoms with Gasteiger partial charge in [0.2, 0.25) is 0 Å². The van der Waals surface area contributed by atoms with Gasteiger partial charge in [-0.05, 0) is 58.8 Å². The van der Waals surface area contributed by atoms with Gasteiger partial charge in [0.05, 0.1) is 5.41 Å². The number of hydrogen-bond acceptors (Lipinski definition) is 3. The fourth-order valence-electron chi connectivity index (χ4n) is 1.90. The second-order valence-corrected chi connectivity index (χ2v) is 5.98. The Morgan fingerprint density at radius 3 is 2.47 bits per heavy atom. The van der Waals surface area contributed by atoms with Crippen LogP contribution in [0.3, 0.4) is 0 Å². The summed E-state index contributed by atoms with van der Waals surface area (Å²) in [5.41, 5.74) is 0.775. The van der Waals surface area contributed by atoms with Crippen molar-refractivity contribution >= 4 is 5.97 Å². The molecule has 1 aromatic rings. The van der Waals surface area contributed by atoms with Gasteiger partial charge in [-0.15, -0.1) is 0 Å². The first-order valence-electron chi connectivity index (χ1n) is 6.66. The first kappa shape index (κ1) is 15.6. The molecule has 1 N–H and O–H groups in total. The van der Waals surface area contributed by atoms with Crippen molar-refractivity contribution in [2.24, 2.45) is 5.41 Å². The van der Waals surface area contributed by atoms with E-state index in [4.69, 9.17) is 5.11 Å². The van der Waals surface area contributed by atoms with Gasteiger partial charge in [0.15, 0.2) is 0 Å². The third-order valence-electron chi connectivity index (χ3n) is 3.23. The lowest BCUT2D eigenvalue weighted by Gasteiger charge is -2.18. The van der Waals surface area contributed by atoms with E-state index in [1.54, 1.807) is 20.8 Å². The molecule has 1 aliphatic rings. The third-order valence-corrected chi connectivity index (χ3v) is 3.23. The van der Waals surface area contributed by atoms with Gasteiger partial charge in [-0.3, -0.25) is 14.7 Å². The molecule has 1 unspecified atom stereocenters. The molecule has 4 heteroatoms. The standard InChI is InChI=1S/C10H14N2.C5H10O2/c1-12-7-3-5-10(12)9-4-2-6-11-8-9;1-5(2,3)4(6)7/h2,4,6,8,10H,3,5,7H2,1H3;1-3H3,(H,6,7). The van der Waals surface area contributed by atoms with Crippen LogP contribution in [-0.4, -0.2) is 34.6 Å². The average Bonchev–Trinajstić information content (AvgIpc) is 2.76. The lowest BCUT2D eigenvalue weighted by Crippen LogP contribution is -2.18. The van der Waals surface area contributed by atoms with Gasteiger partial charge in [-0.2, -0.15) is 0 Å². The SMILES string of the molecule is CC(C)(C)C(=O)O.CN1CCCC1c1cccnc1. The fourth-order valence-corrected chi connectivity index (χ4v) is 1.90. The van der Waals surface area contributed by atoms with Crippen LogP contribution in [0.15, 0.2) is 24.5 Å². The third kappa shape index (κ3) is 4.99. The van der Waals surface area contributed by atoms with Crippen LogP contribution in [0, 0.1) is 5.41 Å². The summed E-state index contributed by atoms with van der Waals surface area (Å²) in [5.74, 6) is -0.757. The molecule has 0 saturated carbocycles. The van der Waals surface area contributed by atoms with Crippen molar-refractivity contribution in [1.29, 1.82) is 0 Å². The highest BCUT2D eigenvalue weighted by atomic mass is 16.4. The van der Waals surface area contributed by atoms with Crippen molar-refractivity contribution in [3.63, 3.8) is 0 Å². The van der Waals surface area contributed by atoms with Crippen LogP contribution in [0.4, 0.5) is 0 Å². The van der Waals surface area contributed by atoms with E-state index < -0.39 is 11.4 Å². The second kappa shape index (κ2) is 6.66. The molecule has 1 aliphatic heterocycles. The molecule has 0 radical (unpaired) electrons. The van der Waals surface area contributed by atoms with Gasteiger partial charge in [0.1, 0.15) is 0 Å². The van der Waals surface area contributed by atoms with E-state index in [-0.39, 0.29) is 0 Å². The predicted octanol–water partition coefficient (Wildman–Crippen LogP) is 2.97. The van der Waals surface area contributed by atoms with E-state index >= 15 is 0 Å². The highest BCUT2D eigenvalue weighted by molar-refractivity contribution is 5.72. The van der Waals surface area contributed by atoms with Crippen LogP contribution in [0.1, 0.15) is 45.2 Å². The Bertz CT molecular complexity index is 398. The molecule has 1 saturated heterocycles. The Kier molecular flexibility index (Phi) is 5.48. The molecule has 4 nitrogen and oxygen atoms in total. The minimum Gasteiger partial charge on any atom is -0.481 e. The summed E-state index contributed by atoms with van der Waals surface area (Å²) in [6.45, 7) is 6.21. The zero-order chi connectivity index (χ0) is 14.5. The number of likely N-dealkylation sites (tertiary alicyclic amines) is 1. The summed E-state index contributed by atoms with van der Waals surface area (Å²) < 4.78 is 0. The summed E-state index contributed by atoms with van der Waals surface area (Å²) >= 11 is 0. The minimum atomic E-state index is -0.757. The van der Waals surface area contributed by atoms with Crippen molar-refractivity contribution in [3.05, 3.63) is 30.1 Å². The van der Waals surface area contributed by atoms with Crippen LogP contribution in [0.2, 0.25) is 0 Å². The van der Waals surface area contributed by atoms with Gasteiger partial charge >= 0.3 is 5.97 Å². The fraction of sp³-hybridized carbons (Fsp3) is 0.600. The number of aliphatic carboxylic acids is 1. The van der Waals surface area contributed by atoms with Crippen LogP contribution in [0.25, 0.3) is 0 Å². The zero-order valence-corrected chi connectivity index (χ0v) is 12.3. The Labute approximate surface area is 115 Å². The number of carboxylic acids is 1. The molecule has 1 fully saturated rings. The summed E-state index contributed by atoms with van der Waals surface area (Å²) in [7, 11) is 2.19. The molecular weight excluding hydrogens is 240 g/mol. The van der Waals surface area contributed by atoms with E-state index in [9.17, 15) is 4.79 Å². The van der Waals surface area contributed by atoms with Gasteiger partial charge < -0.3 is 5.11 Å². The molecule has 0 aliphatic carbocycles. The summed E-state index contributed by atoms with van der Waals surface area (Å²) in [4.78, 5) is 16.6. The Balaban J connectivity index is 0.000000224. The molecule has 106 valence electrons. The number of nitrogens with zero attached hydrogens (tertiary/aromatic N) is 2. The van der Waals surface area contributed by atoms with E-state index in [0.717, 1.165) is 0 Å². The molecule has 0 aromatic carbocycles. The molecule has 1 atom stereocenters. The van der Waals surface area contributed by atoms with E-state index in [1.165, 1.54) is 24.9 Å². The van der Waals surface area contributed by atoms with Crippen molar-refractivity contribution in [1.82, 2.24) is 9.88 Å². The largest absolute Gasteiger partial charge is 0.481 e. The van der Waals surface area contributed by atoms with Crippen LogP contribution < -0.4 is 0 Å². The monoisotopic (exact) mass is 264 g/mol. The van der Waals surface area contributed by atoms with Crippen molar-refractivity contribution in [2.45, 2.75) is 39.7 Å². The number of pyridine rings is 1. The zero-order valence-electron chi connectivity index (χ0n) is 12.3.